The maximum atomic E-state index is 5.56. The second-order valence-corrected chi connectivity index (χ2v) is 2.77. The lowest BCUT2D eigenvalue weighted by molar-refractivity contribution is 1.02. The monoisotopic (exact) mass is 161 g/mol. The maximum absolute atomic E-state index is 5.56. The van der Waals surface area contributed by atoms with Crippen molar-refractivity contribution in [1.82, 2.24) is 0 Å². The zero-order valence-electron chi connectivity index (χ0n) is 7.46. The Morgan fingerprint density at radius 3 is 2.50 bits per heavy atom. The molecule has 1 heteroatoms. The van der Waals surface area contributed by atoms with Crippen LogP contribution in [0.5, 0.6) is 0 Å². The minimum Gasteiger partial charge on any atom is -0.327 e. The van der Waals surface area contributed by atoms with Crippen LogP contribution in [0.4, 0.5) is 0 Å². The van der Waals surface area contributed by atoms with E-state index < -0.39 is 0 Å². The van der Waals surface area contributed by atoms with E-state index in [9.17, 15) is 0 Å². The summed E-state index contributed by atoms with van der Waals surface area (Å²) in [6, 6.07) is 10.3. The topological polar surface area (TPSA) is 26.0 Å². The number of rotatable bonds is 3. The molecule has 0 atom stereocenters. The SMILES string of the molecule is CC/C(=C/c1ccccc1)CN. The van der Waals surface area contributed by atoms with Crippen LogP contribution in [0.2, 0.25) is 0 Å². The zero-order valence-corrected chi connectivity index (χ0v) is 7.46. The molecule has 1 aromatic rings. The van der Waals surface area contributed by atoms with Gasteiger partial charge in [-0.3, -0.25) is 0 Å². The van der Waals surface area contributed by atoms with Crippen LogP contribution in [0.25, 0.3) is 6.08 Å². The van der Waals surface area contributed by atoms with E-state index in [4.69, 9.17) is 5.73 Å². The first-order valence-corrected chi connectivity index (χ1v) is 4.31. The fraction of sp³-hybridized carbons (Fsp3) is 0.273. The highest BCUT2D eigenvalue weighted by Crippen LogP contribution is 2.07. The van der Waals surface area contributed by atoms with Gasteiger partial charge in [0.15, 0.2) is 0 Å². The average molecular weight is 161 g/mol. The summed E-state index contributed by atoms with van der Waals surface area (Å²) in [6.45, 7) is 2.78. The molecule has 0 spiro atoms. The number of benzene rings is 1. The molecule has 0 aliphatic rings. The van der Waals surface area contributed by atoms with Gasteiger partial charge in [0.1, 0.15) is 0 Å². The van der Waals surface area contributed by atoms with Crippen molar-refractivity contribution in [2.24, 2.45) is 5.73 Å². The first-order valence-electron chi connectivity index (χ1n) is 4.31. The fourth-order valence-electron chi connectivity index (χ4n) is 1.09. The van der Waals surface area contributed by atoms with E-state index in [1.165, 1.54) is 11.1 Å². The summed E-state index contributed by atoms with van der Waals surface area (Å²) in [6.07, 6.45) is 3.19. The van der Waals surface area contributed by atoms with E-state index in [1.54, 1.807) is 0 Å². The molecule has 0 heterocycles. The largest absolute Gasteiger partial charge is 0.327 e. The Morgan fingerprint density at radius 2 is 2.00 bits per heavy atom. The molecule has 0 bridgehead atoms. The number of hydrogen-bond donors (Lipinski definition) is 1. The number of nitrogens with two attached hydrogens (primary N) is 1. The third kappa shape index (κ3) is 2.51. The third-order valence-corrected chi connectivity index (χ3v) is 1.89. The Bertz CT molecular complexity index is 243. The summed E-state index contributed by atoms with van der Waals surface area (Å²) < 4.78 is 0. The molecule has 0 aromatic heterocycles. The Hall–Kier alpha value is -1.08. The summed E-state index contributed by atoms with van der Waals surface area (Å²) in [5.74, 6) is 0. The molecule has 0 saturated carbocycles. The van der Waals surface area contributed by atoms with Gasteiger partial charge < -0.3 is 5.73 Å². The summed E-state index contributed by atoms with van der Waals surface area (Å²) in [5, 5.41) is 0. The first-order chi connectivity index (χ1) is 5.86. The van der Waals surface area contributed by atoms with E-state index in [2.05, 4.69) is 25.1 Å². The highest BCUT2D eigenvalue weighted by molar-refractivity contribution is 5.52. The number of hydrogen-bond acceptors (Lipinski definition) is 1. The minimum atomic E-state index is 0.658. The van der Waals surface area contributed by atoms with Crippen molar-refractivity contribution in [2.75, 3.05) is 6.54 Å². The van der Waals surface area contributed by atoms with E-state index in [0.29, 0.717) is 6.54 Å². The normalized spacial score (nSPS) is 11.7. The Kier molecular flexibility index (Phi) is 3.55. The lowest BCUT2D eigenvalue weighted by Crippen LogP contribution is -2.01. The van der Waals surface area contributed by atoms with E-state index >= 15 is 0 Å². The van der Waals surface area contributed by atoms with Crippen molar-refractivity contribution in [3.63, 3.8) is 0 Å². The predicted molar refractivity (Wildman–Crippen MR) is 53.8 cm³/mol. The molecular formula is C11H15N. The molecule has 0 radical (unpaired) electrons. The molecule has 1 nitrogen and oxygen atoms in total. The maximum Gasteiger partial charge on any atom is 0.0140 e. The molecule has 0 unspecified atom stereocenters. The van der Waals surface area contributed by atoms with Gasteiger partial charge in [-0.15, -0.1) is 0 Å². The molecule has 2 N–H and O–H groups in total. The fourth-order valence-corrected chi connectivity index (χ4v) is 1.09. The average Bonchev–Trinajstić information content (AvgIpc) is 2.16. The molecule has 0 aliphatic carbocycles. The van der Waals surface area contributed by atoms with Crippen molar-refractivity contribution in [1.29, 1.82) is 0 Å². The molecular weight excluding hydrogens is 146 g/mol. The third-order valence-electron chi connectivity index (χ3n) is 1.89. The summed E-state index contributed by atoms with van der Waals surface area (Å²) >= 11 is 0. The van der Waals surface area contributed by atoms with Gasteiger partial charge in [0.25, 0.3) is 0 Å². The second kappa shape index (κ2) is 4.73. The van der Waals surface area contributed by atoms with Crippen molar-refractivity contribution in [3.05, 3.63) is 41.5 Å². The molecule has 0 aliphatic heterocycles. The van der Waals surface area contributed by atoms with Crippen molar-refractivity contribution in [3.8, 4) is 0 Å². The van der Waals surface area contributed by atoms with Crippen LogP contribution in [-0.2, 0) is 0 Å². The van der Waals surface area contributed by atoms with Gasteiger partial charge in [0.05, 0.1) is 0 Å². The van der Waals surface area contributed by atoms with Crippen LogP contribution >= 0.6 is 0 Å². The van der Waals surface area contributed by atoms with E-state index in [1.807, 2.05) is 18.2 Å². The molecule has 0 amide bonds. The second-order valence-electron chi connectivity index (χ2n) is 2.77. The van der Waals surface area contributed by atoms with Gasteiger partial charge in [-0.2, -0.15) is 0 Å². The van der Waals surface area contributed by atoms with Crippen LogP contribution in [0.3, 0.4) is 0 Å². The molecule has 0 fully saturated rings. The van der Waals surface area contributed by atoms with Crippen LogP contribution in [0, 0.1) is 0 Å². The van der Waals surface area contributed by atoms with Crippen LogP contribution in [0.15, 0.2) is 35.9 Å². The first kappa shape index (κ1) is 9.01. The smallest absolute Gasteiger partial charge is 0.0140 e. The van der Waals surface area contributed by atoms with E-state index in [0.717, 1.165) is 6.42 Å². The van der Waals surface area contributed by atoms with E-state index in [-0.39, 0.29) is 0 Å². The molecule has 0 saturated heterocycles. The van der Waals surface area contributed by atoms with Crippen LogP contribution in [-0.4, -0.2) is 6.54 Å². The highest BCUT2D eigenvalue weighted by Gasteiger charge is 1.90. The Morgan fingerprint density at radius 1 is 1.33 bits per heavy atom. The quantitative estimate of drug-likeness (QED) is 0.724. The van der Waals surface area contributed by atoms with Gasteiger partial charge in [-0.05, 0) is 12.0 Å². The Balaban J connectivity index is 2.79. The Labute approximate surface area is 73.9 Å². The van der Waals surface area contributed by atoms with Crippen LogP contribution < -0.4 is 5.73 Å². The molecule has 64 valence electrons. The predicted octanol–water partition coefficient (Wildman–Crippen LogP) is 2.44. The molecule has 1 aromatic carbocycles. The van der Waals surface area contributed by atoms with Crippen molar-refractivity contribution in [2.45, 2.75) is 13.3 Å². The minimum absolute atomic E-state index is 0.658. The van der Waals surface area contributed by atoms with Gasteiger partial charge in [0, 0.05) is 6.54 Å². The van der Waals surface area contributed by atoms with Gasteiger partial charge >= 0.3 is 0 Å². The van der Waals surface area contributed by atoms with Crippen molar-refractivity contribution >= 4 is 6.08 Å². The van der Waals surface area contributed by atoms with Gasteiger partial charge in [0.2, 0.25) is 0 Å². The van der Waals surface area contributed by atoms with Crippen molar-refractivity contribution < 1.29 is 0 Å². The summed E-state index contributed by atoms with van der Waals surface area (Å²) in [4.78, 5) is 0. The molecule has 12 heavy (non-hydrogen) atoms. The highest BCUT2D eigenvalue weighted by atomic mass is 14.5. The molecule has 1 rings (SSSR count). The summed E-state index contributed by atoms with van der Waals surface area (Å²) in [7, 11) is 0. The summed E-state index contributed by atoms with van der Waals surface area (Å²) in [5.41, 5.74) is 8.09. The van der Waals surface area contributed by atoms with Gasteiger partial charge in [-0.1, -0.05) is 48.9 Å². The van der Waals surface area contributed by atoms with Gasteiger partial charge in [-0.25, -0.2) is 0 Å². The van der Waals surface area contributed by atoms with Crippen LogP contribution in [0.1, 0.15) is 18.9 Å². The lowest BCUT2D eigenvalue weighted by atomic mass is 10.1. The standard InChI is InChI=1S/C11H15N/c1-2-10(9-12)8-11-6-4-3-5-7-11/h3-8H,2,9,12H2,1H3/b10-8-. The zero-order chi connectivity index (χ0) is 8.81. The lowest BCUT2D eigenvalue weighted by Gasteiger charge is -1.99.